The van der Waals surface area contributed by atoms with E-state index >= 15 is 0 Å². The fourth-order valence-corrected chi connectivity index (χ4v) is 2.49. The Morgan fingerprint density at radius 2 is 2.05 bits per heavy atom. The fourth-order valence-electron chi connectivity index (χ4n) is 2.32. The highest BCUT2D eigenvalue weighted by atomic mass is 35.5. The summed E-state index contributed by atoms with van der Waals surface area (Å²) >= 11 is 6.11. The largest absolute Gasteiger partial charge is 0.489 e. The minimum absolute atomic E-state index is 0.0581. The standard InChI is InChI=1S/C16H15ClN2O2/c17-14-4-2-12(18)7-11(14)9-21-13-3-5-15-10(8-13)1-6-16(20)19-15/h2-5,7-8H,1,6,9,18H2,(H,19,20). The normalized spacial score (nSPS) is 13.5. The second-order valence-corrected chi connectivity index (χ2v) is 5.41. The lowest BCUT2D eigenvalue weighted by Gasteiger charge is -2.18. The van der Waals surface area contributed by atoms with Gasteiger partial charge in [-0.15, -0.1) is 0 Å². The molecule has 0 fully saturated rings. The minimum Gasteiger partial charge on any atom is -0.489 e. The lowest BCUT2D eigenvalue weighted by atomic mass is 10.0. The van der Waals surface area contributed by atoms with Gasteiger partial charge in [0.05, 0.1) is 0 Å². The molecular weight excluding hydrogens is 288 g/mol. The molecule has 0 aromatic heterocycles. The summed E-state index contributed by atoms with van der Waals surface area (Å²) in [4.78, 5) is 11.3. The third-order valence-corrected chi connectivity index (χ3v) is 3.81. The van der Waals surface area contributed by atoms with Crippen LogP contribution in [0.5, 0.6) is 5.75 Å². The molecule has 2 aromatic carbocycles. The molecule has 0 unspecified atom stereocenters. The molecule has 0 bridgehead atoms. The summed E-state index contributed by atoms with van der Waals surface area (Å²) in [6, 6.07) is 11.0. The van der Waals surface area contributed by atoms with Gasteiger partial charge in [0.25, 0.3) is 0 Å². The molecule has 4 nitrogen and oxygen atoms in total. The Hall–Kier alpha value is -2.20. The molecule has 0 spiro atoms. The van der Waals surface area contributed by atoms with E-state index in [0.717, 1.165) is 29.0 Å². The first-order valence-electron chi connectivity index (χ1n) is 6.71. The summed E-state index contributed by atoms with van der Waals surface area (Å²) in [5.74, 6) is 0.811. The number of ether oxygens (including phenoxy) is 1. The lowest BCUT2D eigenvalue weighted by molar-refractivity contribution is -0.116. The number of hydrogen-bond donors (Lipinski definition) is 2. The van der Waals surface area contributed by atoms with Gasteiger partial charge in [0.15, 0.2) is 0 Å². The van der Waals surface area contributed by atoms with Crippen LogP contribution in [0.4, 0.5) is 11.4 Å². The average molecular weight is 303 g/mol. The Balaban J connectivity index is 1.74. The predicted molar refractivity (Wildman–Crippen MR) is 83.6 cm³/mol. The van der Waals surface area contributed by atoms with Crippen molar-refractivity contribution in [3.63, 3.8) is 0 Å². The number of carbonyl (C=O) groups excluding carboxylic acids is 1. The number of nitrogens with two attached hydrogens (primary N) is 1. The number of carbonyl (C=O) groups is 1. The summed E-state index contributed by atoms with van der Waals surface area (Å²) in [5, 5.41) is 3.48. The molecular formula is C16H15ClN2O2. The number of anilines is 2. The Kier molecular flexibility index (Phi) is 3.71. The Labute approximate surface area is 127 Å². The van der Waals surface area contributed by atoms with Gasteiger partial charge in [-0.2, -0.15) is 0 Å². The summed E-state index contributed by atoms with van der Waals surface area (Å²) < 4.78 is 5.77. The highest BCUT2D eigenvalue weighted by Crippen LogP contribution is 2.28. The molecule has 2 aromatic rings. The van der Waals surface area contributed by atoms with Crippen molar-refractivity contribution in [2.24, 2.45) is 0 Å². The fraction of sp³-hybridized carbons (Fsp3) is 0.188. The third-order valence-electron chi connectivity index (χ3n) is 3.44. The number of nitrogens with one attached hydrogen (secondary N) is 1. The number of hydrogen-bond acceptors (Lipinski definition) is 3. The number of halogens is 1. The molecule has 108 valence electrons. The molecule has 3 rings (SSSR count). The average Bonchev–Trinajstić information content (AvgIpc) is 2.48. The topological polar surface area (TPSA) is 64.3 Å². The number of aryl methyl sites for hydroxylation is 1. The van der Waals surface area contributed by atoms with Crippen LogP contribution in [0.25, 0.3) is 0 Å². The van der Waals surface area contributed by atoms with E-state index in [1.165, 1.54) is 0 Å². The molecule has 0 saturated carbocycles. The van der Waals surface area contributed by atoms with Crippen molar-refractivity contribution in [1.82, 2.24) is 0 Å². The first-order valence-corrected chi connectivity index (χ1v) is 7.09. The van der Waals surface area contributed by atoms with Gasteiger partial charge in [0, 0.05) is 28.4 Å². The van der Waals surface area contributed by atoms with Gasteiger partial charge in [-0.05, 0) is 48.4 Å². The number of amides is 1. The highest BCUT2D eigenvalue weighted by molar-refractivity contribution is 6.31. The number of rotatable bonds is 3. The van der Waals surface area contributed by atoms with Crippen LogP contribution in [-0.2, 0) is 17.8 Å². The van der Waals surface area contributed by atoms with Crippen LogP contribution in [-0.4, -0.2) is 5.91 Å². The van der Waals surface area contributed by atoms with Crippen LogP contribution in [0, 0.1) is 0 Å². The van der Waals surface area contributed by atoms with Crippen molar-refractivity contribution in [2.75, 3.05) is 11.1 Å². The molecule has 1 aliphatic heterocycles. The van der Waals surface area contributed by atoms with Crippen molar-refractivity contribution in [3.8, 4) is 5.75 Å². The highest BCUT2D eigenvalue weighted by Gasteiger charge is 2.15. The summed E-state index contributed by atoms with van der Waals surface area (Å²) in [7, 11) is 0. The van der Waals surface area contributed by atoms with E-state index in [-0.39, 0.29) is 5.91 Å². The van der Waals surface area contributed by atoms with Gasteiger partial charge >= 0.3 is 0 Å². The van der Waals surface area contributed by atoms with Crippen LogP contribution in [0.2, 0.25) is 5.02 Å². The quantitative estimate of drug-likeness (QED) is 0.854. The first kappa shape index (κ1) is 13.8. The zero-order valence-electron chi connectivity index (χ0n) is 11.4. The first-order chi connectivity index (χ1) is 10.1. The Bertz CT molecular complexity index is 701. The number of benzene rings is 2. The van der Waals surface area contributed by atoms with Crippen molar-refractivity contribution < 1.29 is 9.53 Å². The van der Waals surface area contributed by atoms with Crippen LogP contribution < -0.4 is 15.8 Å². The van der Waals surface area contributed by atoms with Crippen LogP contribution in [0.1, 0.15) is 17.5 Å². The maximum Gasteiger partial charge on any atom is 0.224 e. The Morgan fingerprint density at radius 3 is 2.90 bits per heavy atom. The van der Waals surface area contributed by atoms with Crippen molar-refractivity contribution in [1.29, 1.82) is 0 Å². The SMILES string of the molecule is Nc1ccc(Cl)c(COc2ccc3c(c2)CCC(=O)N3)c1. The monoisotopic (exact) mass is 302 g/mol. The van der Waals surface area contributed by atoms with E-state index < -0.39 is 0 Å². The van der Waals surface area contributed by atoms with E-state index in [1.807, 2.05) is 18.2 Å². The van der Waals surface area contributed by atoms with Crippen LogP contribution >= 0.6 is 11.6 Å². The smallest absolute Gasteiger partial charge is 0.224 e. The maximum absolute atomic E-state index is 11.3. The van der Waals surface area contributed by atoms with Crippen molar-refractivity contribution in [2.45, 2.75) is 19.4 Å². The van der Waals surface area contributed by atoms with Gasteiger partial charge in [0.2, 0.25) is 5.91 Å². The Morgan fingerprint density at radius 1 is 1.19 bits per heavy atom. The van der Waals surface area contributed by atoms with Gasteiger partial charge in [-0.1, -0.05) is 11.6 Å². The second kappa shape index (κ2) is 5.66. The van der Waals surface area contributed by atoms with E-state index in [1.54, 1.807) is 18.2 Å². The molecule has 1 heterocycles. The molecule has 1 amide bonds. The minimum atomic E-state index is 0.0581. The molecule has 3 N–H and O–H groups in total. The van der Waals surface area contributed by atoms with Gasteiger partial charge in [-0.25, -0.2) is 0 Å². The molecule has 5 heteroatoms. The number of nitrogen functional groups attached to an aromatic ring is 1. The van der Waals surface area contributed by atoms with Gasteiger partial charge < -0.3 is 15.8 Å². The molecule has 0 aliphatic carbocycles. The van der Waals surface area contributed by atoms with E-state index in [9.17, 15) is 4.79 Å². The lowest BCUT2D eigenvalue weighted by Crippen LogP contribution is -2.18. The summed E-state index contributed by atoms with van der Waals surface area (Å²) in [6.45, 7) is 0.356. The molecule has 21 heavy (non-hydrogen) atoms. The summed E-state index contributed by atoms with van der Waals surface area (Å²) in [5.41, 5.74) is 9.20. The predicted octanol–water partition coefficient (Wildman–Crippen LogP) is 3.39. The molecule has 0 saturated heterocycles. The zero-order chi connectivity index (χ0) is 14.8. The maximum atomic E-state index is 11.3. The third kappa shape index (κ3) is 3.11. The van der Waals surface area contributed by atoms with E-state index in [4.69, 9.17) is 22.1 Å². The van der Waals surface area contributed by atoms with Crippen LogP contribution in [0.3, 0.4) is 0 Å². The van der Waals surface area contributed by atoms with E-state index in [0.29, 0.717) is 23.7 Å². The molecule has 1 aliphatic rings. The number of fused-ring (bicyclic) bond motifs is 1. The van der Waals surface area contributed by atoms with E-state index in [2.05, 4.69) is 5.32 Å². The zero-order valence-corrected chi connectivity index (χ0v) is 12.1. The second-order valence-electron chi connectivity index (χ2n) is 5.01. The molecule has 0 radical (unpaired) electrons. The van der Waals surface area contributed by atoms with Crippen molar-refractivity contribution >= 4 is 28.9 Å². The van der Waals surface area contributed by atoms with Crippen LogP contribution in [0.15, 0.2) is 36.4 Å². The van der Waals surface area contributed by atoms with Gasteiger partial charge in [-0.3, -0.25) is 4.79 Å². The molecule has 0 atom stereocenters. The van der Waals surface area contributed by atoms with Gasteiger partial charge in [0.1, 0.15) is 12.4 Å². The van der Waals surface area contributed by atoms with Crippen molar-refractivity contribution in [3.05, 3.63) is 52.5 Å². The summed E-state index contributed by atoms with van der Waals surface area (Å²) in [6.07, 6.45) is 1.24.